The van der Waals surface area contributed by atoms with Gasteiger partial charge in [0.05, 0.1) is 23.6 Å². The lowest BCUT2D eigenvalue weighted by Gasteiger charge is -2.14. The smallest absolute Gasteiger partial charge is 0.257 e. The molecule has 0 aliphatic carbocycles. The first kappa shape index (κ1) is 13.9. The summed E-state index contributed by atoms with van der Waals surface area (Å²) in [6.07, 6.45) is 2.67. The maximum atomic E-state index is 12.1. The van der Waals surface area contributed by atoms with Crippen molar-refractivity contribution < 1.29 is 14.6 Å². The number of anilines is 1. The summed E-state index contributed by atoms with van der Waals surface area (Å²) >= 11 is 0. The molecule has 2 aromatic rings. The highest BCUT2D eigenvalue weighted by atomic mass is 16.5. The molecular weight excluding hydrogens is 256 g/mol. The van der Waals surface area contributed by atoms with Gasteiger partial charge in [0.2, 0.25) is 0 Å². The summed E-state index contributed by atoms with van der Waals surface area (Å²) in [7, 11) is 0. The number of benzene rings is 1. The van der Waals surface area contributed by atoms with Crippen molar-refractivity contribution in [2.45, 2.75) is 20.0 Å². The zero-order chi connectivity index (χ0) is 14.5. The van der Waals surface area contributed by atoms with Crippen molar-refractivity contribution in [3.8, 4) is 11.5 Å². The van der Waals surface area contributed by atoms with Gasteiger partial charge in [-0.25, -0.2) is 0 Å². The number of nitrogens with one attached hydrogen (secondary N) is 1. The topological polar surface area (TPSA) is 71.5 Å². The maximum absolute atomic E-state index is 12.1. The molecule has 5 nitrogen and oxygen atoms in total. The second kappa shape index (κ2) is 6.06. The molecule has 1 aromatic heterocycles. The zero-order valence-electron chi connectivity index (χ0n) is 11.3. The van der Waals surface area contributed by atoms with E-state index in [1.54, 1.807) is 12.1 Å². The Labute approximate surface area is 117 Å². The van der Waals surface area contributed by atoms with E-state index >= 15 is 0 Å². The van der Waals surface area contributed by atoms with Crippen LogP contribution >= 0.6 is 0 Å². The molecule has 104 valence electrons. The van der Waals surface area contributed by atoms with Crippen LogP contribution in [-0.4, -0.2) is 22.1 Å². The Bertz CT molecular complexity index is 612. The number of carbonyl (C=O) groups excluding carboxylic acids is 1. The van der Waals surface area contributed by atoms with E-state index in [1.807, 2.05) is 26.0 Å². The van der Waals surface area contributed by atoms with Gasteiger partial charge in [0, 0.05) is 6.20 Å². The number of pyridine rings is 1. The number of amides is 1. The SMILES string of the molecule is CC(C)Oc1ccccc1NC(=O)c1cncc(O)c1. The Morgan fingerprint density at radius 1 is 1.30 bits per heavy atom. The molecule has 1 heterocycles. The predicted molar refractivity (Wildman–Crippen MR) is 76.1 cm³/mol. The van der Waals surface area contributed by atoms with Crippen molar-refractivity contribution in [2.75, 3.05) is 5.32 Å². The van der Waals surface area contributed by atoms with E-state index in [1.165, 1.54) is 18.5 Å². The fourth-order valence-electron chi connectivity index (χ4n) is 1.67. The highest BCUT2D eigenvalue weighted by Gasteiger charge is 2.11. The summed E-state index contributed by atoms with van der Waals surface area (Å²) in [5.41, 5.74) is 0.860. The number of hydrogen-bond acceptors (Lipinski definition) is 4. The molecule has 2 rings (SSSR count). The van der Waals surface area contributed by atoms with Crippen LogP contribution in [0.3, 0.4) is 0 Å². The lowest BCUT2D eigenvalue weighted by atomic mass is 10.2. The minimum atomic E-state index is -0.354. The third-order valence-electron chi connectivity index (χ3n) is 2.48. The van der Waals surface area contributed by atoms with Crippen molar-refractivity contribution in [1.82, 2.24) is 4.98 Å². The Balaban J connectivity index is 2.19. The molecular formula is C15H16N2O3. The molecule has 0 aliphatic rings. The Hall–Kier alpha value is -2.56. The van der Waals surface area contributed by atoms with Gasteiger partial charge < -0.3 is 15.2 Å². The van der Waals surface area contributed by atoms with Crippen molar-refractivity contribution in [3.63, 3.8) is 0 Å². The third kappa shape index (κ3) is 3.47. The molecule has 0 fully saturated rings. The van der Waals surface area contributed by atoms with Crippen molar-refractivity contribution in [1.29, 1.82) is 0 Å². The van der Waals surface area contributed by atoms with E-state index in [4.69, 9.17) is 4.74 Å². The molecule has 1 aromatic carbocycles. The number of aromatic hydroxyl groups is 1. The van der Waals surface area contributed by atoms with Gasteiger partial charge in [-0.15, -0.1) is 0 Å². The molecule has 0 spiro atoms. The molecule has 5 heteroatoms. The highest BCUT2D eigenvalue weighted by Crippen LogP contribution is 2.25. The second-order valence-corrected chi connectivity index (χ2v) is 4.55. The van der Waals surface area contributed by atoms with Crippen LogP contribution in [0.5, 0.6) is 11.5 Å². The van der Waals surface area contributed by atoms with Crippen LogP contribution in [0.2, 0.25) is 0 Å². The van der Waals surface area contributed by atoms with Gasteiger partial charge in [-0.1, -0.05) is 12.1 Å². The number of para-hydroxylation sites is 2. The van der Waals surface area contributed by atoms with Crippen LogP contribution in [0.15, 0.2) is 42.7 Å². The molecule has 20 heavy (non-hydrogen) atoms. The zero-order valence-corrected chi connectivity index (χ0v) is 11.3. The fraction of sp³-hybridized carbons (Fsp3) is 0.200. The minimum Gasteiger partial charge on any atom is -0.506 e. The summed E-state index contributed by atoms with van der Waals surface area (Å²) in [5, 5.41) is 12.1. The van der Waals surface area contributed by atoms with Crippen molar-refractivity contribution >= 4 is 11.6 Å². The first-order chi connectivity index (χ1) is 9.56. The van der Waals surface area contributed by atoms with Gasteiger partial charge in [0.25, 0.3) is 5.91 Å². The Morgan fingerprint density at radius 3 is 2.75 bits per heavy atom. The van der Waals surface area contributed by atoms with Crippen LogP contribution in [0, 0.1) is 0 Å². The van der Waals surface area contributed by atoms with Gasteiger partial charge in [-0.3, -0.25) is 9.78 Å². The van der Waals surface area contributed by atoms with Crippen LogP contribution in [-0.2, 0) is 0 Å². The summed E-state index contributed by atoms with van der Waals surface area (Å²) in [4.78, 5) is 15.9. The van der Waals surface area contributed by atoms with E-state index in [-0.39, 0.29) is 23.3 Å². The highest BCUT2D eigenvalue weighted by molar-refractivity contribution is 6.05. The molecule has 0 aliphatic heterocycles. The number of hydrogen-bond donors (Lipinski definition) is 2. The van der Waals surface area contributed by atoms with E-state index in [0.717, 1.165) is 0 Å². The quantitative estimate of drug-likeness (QED) is 0.897. The van der Waals surface area contributed by atoms with Gasteiger partial charge in [-0.2, -0.15) is 0 Å². The van der Waals surface area contributed by atoms with Gasteiger partial charge in [0.1, 0.15) is 11.5 Å². The first-order valence-electron chi connectivity index (χ1n) is 6.27. The van der Waals surface area contributed by atoms with Crippen molar-refractivity contribution in [3.05, 3.63) is 48.3 Å². The average molecular weight is 272 g/mol. The average Bonchev–Trinajstić information content (AvgIpc) is 2.40. The summed E-state index contributed by atoms with van der Waals surface area (Å²) in [5.74, 6) is 0.196. The molecule has 0 saturated heterocycles. The van der Waals surface area contributed by atoms with Crippen molar-refractivity contribution in [2.24, 2.45) is 0 Å². The number of nitrogens with zero attached hydrogens (tertiary/aromatic N) is 1. The number of ether oxygens (including phenoxy) is 1. The normalized spacial score (nSPS) is 10.3. The predicted octanol–water partition coefficient (Wildman–Crippen LogP) is 2.83. The molecule has 2 N–H and O–H groups in total. The number of rotatable bonds is 4. The standard InChI is InChI=1S/C15H16N2O3/c1-10(2)20-14-6-4-3-5-13(14)17-15(19)11-7-12(18)9-16-8-11/h3-10,18H,1-2H3,(H,17,19). The summed E-state index contributed by atoms with van der Waals surface area (Å²) in [6, 6.07) is 8.54. The maximum Gasteiger partial charge on any atom is 0.257 e. The van der Waals surface area contributed by atoms with E-state index in [0.29, 0.717) is 11.4 Å². The molecule has 0 saturated carbocycles. The van der Waals surface area contributed by atoms with Gasteiger partial charge in [-0.05, 0) is 32.0 Å². The van der Waals surface area contributed by atoms with Gasteiger partial charge in [0.15, 0.2) is 0 Å². The van der Waals surface area contributed by atoms with E-state index in [9.17, 15) is 9.90 Å². The molecule has 0 unspecified atom stereocenters. The first-order valence-corrected chi connectivity index (χ1v) is 6.27. The lowest BCUT2D eigenvalue weighted by Crippen LogP contribution is -2.14. The number of carbonyl (C=O) groups is 1. The summed E-state index contributed by atoms with van der Waals surface area (Å²) < 4.78 is 5.63. The van der Waals surface area contributed by atoms with Crippen LogP contribution in [0.4, 0.5) is 5.69 Å². The van der Waals surface area contributed by atoms with E-state index in [2.05, 4.69) is 10.3 Å². The fourth-order valence-corrected chi connectivity index (χ4v) is 1.67. The molecule has 0 bridgehead atoms. The third-order valence-corrected chi connectivity index (χ3v) is 2.48. The number of aromatic nitrogens is 1. The largest absolute Gasteiger partial charge is 0.506 e. The van der Waals surface area contributed by atoms with Crippen LogP contribution in [0.1, 0.15) is 24.2 Å². The van der Waals surface area contributed by atoms with Gasteiger partial charge >= 0.3 is 0 Å². The minimum absolute atomic E-state index is 0.00971. The van der Waals surface area contributed by atoms with E-state index < -0.39 is 0 Å². The Morgan fingerprint density at radius 2 is 2.05 bits per heavy atom. The van der Waals surface area contributed by atoms with Crippen LogP contribution < -0.4 is 10.1 Å². The Kier molecular flexibility index (Phi) is 4.20. The van der Waals surface area contributed by atoms with Crippen LogP contribution in [0.25, 0.3) is 0 Å². The second-order valence-electron chi connectivity index (χ2n) is 4.55. The molecule has 0 radical (unpaired) electrons. The monoisotopic (exact) mass is 272 g/mol. The molecule has 1 amide bonds. The summed E-state index contributed by atoms with van der Waals surface area (Å²) in [6.45, 7) is 3.83. The lowest BCUT2D eigenvalue weighted by molar-refractivity contribution is 0.102. The molecule has 0 atom stereocenters.